The standard InChI is InChI=1S/C36H34N4O5/c1-24(41)38-31(21-25-23-37-30-20-12-11-19-29(25)30)34(43)39-32(35(44)45)22-33(42)40-36(26-13-5-2-6-14-26,27-15-7-3-8-16-27)28-17-9-4-10-18-28/h2-20,23,31-32,37H,21-22H2,1H3,(H,38,41)(H,39,43)(H,40,42)(H,44,45)/t31-,32-/m0/s1. The molecule has 3 amide bonds. The molecular formula is C36H34N4O5. The molecule has 4 aromatic carbocycles. The second kappa shape index (κ2) is 13.7. The number of carboxylic acid groups (broad SMARTS) is 1. The molecule has 9 nitrogen and oxygen atoms in total. The Kier molecular flexibility index (Phi) is 9.38. The molecule has 9 heteroatoms. The van der Waals surface area contributed by atoms with E-state index in [1.807, 2.05) is 115 Å². The van der Waals surface area contributed by atoms with E-state index in [1.165, 1.54) is 6.92 Å². The van der Waals surface area contributed by atoms with Crippen LogP contribution in [0.15, 0.2) is 121 Å². The third-order valence-corrected chi connectivity index (χ3v) is 7.74. The van der Waals surface area contributed by atoms with Crippen LogP contribution < -0.4 is 16.0 Å². The Hall–Kier alpha value is -5.70. The number of carbonyl (C=O) groups is 4. The van der Waals surface area contributed by atoms with Gasteiger partial charge in [-0.15, -0.1) is 0 Å². The minimum atomic E-state index is -1.56. The quantitative estimate of drug-likeness (QED) is 0.136. The van der Waals surface area contributed by atoms with Crippen molar-refractivity contribution < 1.29 is 24.3 Å². The van der Waals surface area contributed by atoms with Gasteiger partial charge in [-0.1, -0.05) is 109 Å². The molecule has 0 unspecified atom stereocenters. The van der Waals surface area contributed by atoms with Gasteiger partial charge in [0, 0.05) is 30.4 Å². The maximum absolute atomic E-state index is 13.8. The van der Waals surface area contributed by atoms with Crippen molar-refractivity contribution in [2.24, 2.45) is 0 Å². The van der Waals surface area contributed by atoms with Gasteiger partial charge in [-0.3, -0.25) is 14.4 Å². The van der Waals surface area contributed by atoms with E-state index in [-0.39, 0.29) is 6.42 Å². The van der Waals surface area contributed by atoms with Crippen LogP contribution in [0, 0.1) is 0 Å². The molecule has 5 N–H and O–H groups in total. The van der Waals surface area contributed by atoms with E-state index < -0.39 is 47.7 Å². The Morgan fingerprint density at radius 2 is 1.22 bits per heavy atom. The van der Waals surface area contributed by atoms with Crippen LogP contribution in [0.25, 0.3) is 10.9 Å². The fourth-order valence-electron chi connectivity index (χ4n) is 5.67. The number of nitrogens with one attached hydrogen (secondary N) is 4. The molecule has 1 heterocycles. The van der Waals surface area contributed by atoms with Crippen LogP contribution in [-0.2, 0) is 31.1 Å². The van der Waals surface area contributed by atoms with Gasteiger partial charge in [0.25, 0.3) is 0 Å². The zero-order valence-electron chi connectivity index (χ0n) is 24.7. The summed E-state index contributed by atoms with van der Waals surface area (Å²) in [5, 5.41) is 19.2. The summed E-state index contributed by atoms with van der Waals surface area (Å²) in [5.41, 5.74) is 2.82. The first-order valence-corrected chi connectivity index (χ1v) is 14.6. The lowest BCUT2D eigenvalue weighted by Gasteiger charge is -2.37. The zero-order valence-corrected chi connectivity index (χ0v) is 24.7. The highest BCUT2D eigenvalue weighted by Gasteiger charge is 2.39. The van der Waals surface area contributed by atoms with Gasteiger partial charge < -0.3 is 26.0 Å². The van der Waals surface area contributed by atoms with Gasteiger partial charge in [-0.05, 0) is 28.3 Å². The maximum atomic E-state index is 13.8. The van der Waals surface area contributed by atoms with Gasteiger partial charge in [0.2, 0.25) is 17.7 Å². The van der Waals surface area contributed by atoms with Crippen molar-refractivity contribution in [1.29, 1.82) is 0 Å². The summed E-state index contributed by atoms with van der Waals surface area (Å²) in [7, 11) is 0. The Morgan fingerprint density at radius 1 is 0.711 bits per heavy atom. The van der Waals surface area contributed by atoms with Crippen LogP contribution in [0.3, 0.4) is 0 Å². The predicted molar refractivity (Wildman–Crippen MR) is 171 cm³/mol. The number of para-hydroxylation sites is 1. The summed E-state index contributed by atoms with van der Waals surface area (Å²) in [4.78, 5) is 54.8. The van der Waals surface area contributed by atoms with Gasteiger partial charge in [-0.25, -0.2) is 4.79 Å². The van der Waals surface area contributed by atoms with E-state index in [2.05, 4.69) is 20.9 Å². The van der Waals surface area contributed by atoms with Crippen molar-refractivity contribution in [3.63, 3.8) is 0 Å². The van der Waals surface area contributed by atoms with E-state index >= 15 is 0 Å². The monoisotopic (exact) mass is 602 g/mol. The van der Waals surface area contributed by atoms with Crippen molar-refractivity contribution in [3.05, 3.63) is 144 Å². The van der Waals surface area contributed by atoms with Crippen molar-refractivity contribution in [3.8, 4) is 0 Å². The van der Waals surface area contributed by atoms with E-state index in [1.54, 1.807) is 6.20 Å². The molecular weight excluding hydrogens is 568 g/mol. The third-order valence-electron chi connectivity index (χ3n) is 7.74. The second-order valence-corrected chi connectivity index (χ2v) is 10.8. The molecule has 0 saturated carbocycles. The topological polar surface area (TPSA) is 140 Å². The average Bonchev–Trinajstić information content (AvgIpc) is 3.46. The molecule has 5 aromatic rings. The predicted octanol–water partition coefficient (Wildman–Crippen LogP) is 4.28. The number of fused-ring (bicyclic) bond motifs is 1. The summed E-state index contributed by atoms with van der Waals surface area (Å²) in [6.45, 7) is 1.29. The SMILES string of the molecule is CC(=O)N[C@@H](Cc1c[nH]c2ccccc12)C(=O)N[C@@H](CC(=O)NC(c1ccccc1)(c1ccccc1)c1ccccc1)C(=O)O. The van der Waals surface area contributed by atoms with E-state index in [4.69, 9.17) is 0 Å². The smallest absolute Gasteiger partial charge is 0.326 e. The third kappa shape index (κ3) is 6.94. The van der Waals surface area contributed by atoms with Gasteiger partial charge in [0.15, 0.2) is 0 Å². The van der Waals surface area contributed by atoms with Crippen LogP contribution in [0.1, 0.15) is 35.6 Å². The van der Waals surface area contributed by atoms with Gasteiger partial charge in [0.1, 0.15) is 17.6 Å². The van der Waals surface area contributed by atoms with Crippen molar-refractivity contribution in [2.75, 3.05) is 0 Å². The number of H-pyrrole nitrogens is 1. The normalized spacial score (nSPS) is 12.6. The molecule has 0 saturated heterocycles. The number of hydrogen-bond acceptors (Lipinski definition) is 4. The largest absolute Gasteiger partial charge is 0.480 e. The highest BCUT2D eigenvalue weighted by atomic mass is 16.4. The molecule has 0 fully saturated rings. The fourth-order valence-corrected chi connectivity index (χ4v) is 5.67. The summed E-state index contributed by atoms with van der Waals surface area (Å²) in [6.07, 6.45) is 1.33. The molecule has 0 spiro atoms. The molecule has 0 radical (unpaired) electrons. The molecule has 5 rings (SSSR count). The lowest BCUT2D eigenvalue weighted by molar-refractivity contribution is -0.144. The molecule has 1 aromatic heterocycles. The number of carboxylic acids is 1. The van der Waals surface area contributed by atoms with Crippen molar-refractivity contribution in [1.82, 2.24) is 20.9 Å². The summed E-state index contributed by atoms with van der Waals surface area (Å²) >= 11 is 0. The van der Waals surface area contributed by atoms with Crippen LogP contribution in [0.2, 0.25) is 0 Å². The number of aromatic nitrogens is 1. The van der Waals surface area contributed by atoms with Gasteiger partial charge in [-0.2, -0.15) is 0 Å². The first kappa shape index (κ1) is 30.7. The fraction of sp³-hybridized carbons (Fsp3) is 0.167. The molecule has 0 aliphatic carbocycles. The molecule has 0 aliphatic rings. The summed E-state index contributed by atoms with van der Waals surface area (Å²) in [5.74, 6) is -3.13. The highest BCUT2D eigenvalue weighted by molar-refractivity contribution is 5.93. The Morgan fingerprint density at radius 3 is 1.73 bits per heavy atom. The minimum absolute atomic E-state index is 0.118. The Balaban J connectivity index is 1.42. The molecule has 2 atom stereocenters. The molecule has 0 aliphatic heterocycles. The van der Waals surface area contributed by atoms with Crippen LogP contribution in [-0.4, -0.2) is 45.9 Å². The summed E-state index contributed by atoms with van der Waals surface area (Å²) in [6, 6.07) is 33.2. The van der Waals surface area contributed by atoms with Crippen LogP contribution >= 0.6 is 0 Å². The average molecular weight is 603 g/mol. The van der Waals surface area contributed by atoms with Crippen LogP contribution in [0.4, 0.5) is 0 Å². The number of aliphatic carboxylic acids is 1. The van der Waals surface area contributed by atoms with E-state index in [0.29, 0.717) is 0 Å². The zero-order chi connectivity index (χ0) is 31.8. The number of hydrogen-bond donors (Lipinski definition) is 5. The summed E-state index contributed by atoms with van der Waals surface area (Å²) < 4.78 is 0. The lowest BCUT2D eigenvalue weighted by atomic mass is 9.77. The molecule has 0 bridgehead atoms. The first-order valence-electron chi connectivity index (χ1n) is 14.6. The Labute approximate surface area is 260 Å². The molecule has 228 valence electrons. The van der Waals surface area contributed by atoms with Crippen molar-refractivity contribution in [2.45, 2.75) is 37.4 Å². The van der Waals surface area contributed by atoms with E-state index in [9.17, 15) is 24.3 Å². The van der Waals surface area contributed by atoms with Crippen molar-refractivity contribution >= 4 is 34.6 Å². The number of amides is 3. The lowest BCUT2D eigenvalue weighted by Crippen LogP contribution is -2.54. The Bertz CT molecular complexity index is 1690. The van der Waals surface area contributed by atoms with Gasteiger partial charge in [0.05, 0.1) is 6.42 Å². The van der Waals surface area contributed by atoms with E-state index in [0.717, 1.165) is 33.2 Å². The van der Waals surface area contributed by atoms with Gasteiger partial charge >= 0.3 is 5.97 Å². The molecule has 45 heavy (non-hydrogen) atoms. The highest BCUT2D eigenvalue weighted by Crippen LogP contribution is 2.37. The minimum Gasteiger partial charge on any atom is -0.480 e. The van der Waals surface area contributed by atoms with Crippen LogP contribution in [0.5, 0.6) is 0 Å². The maximum Gasteiger partial charge on any atom is 0.326 e. The number of benzene rings is 4. The number of carbonyl (C=O) groups excluding carboxylic acids is 3. The first-order chi connectivity index (χ1) is 21.8. The number of rotatable bonds is 12. The number of aromatic amines is 1. The second-order valence-electron chi connectivity index (χ2n) is 10.8.